The van der Waals surface area contributed by atoms with Crippen molar-refractivity contribution in [2.24, 2.45) is 0 Å². The molecule has 0 spiro atoms. The first-order valence-electron chi connectivity index (χ1n) is 5.76. The number of carbonyl (C=O) groups is 1. The van der Waals surface area contributed by atoms with Gasteiger partial charge in [-0.2, -0.15) is 0 Å². The topological polar surface area (TPSA) is 47.6 Å². The lowest BCUT2D eigenvalue weighted by molar-refractivity contribution is -0.142. The van der Waals surface area contributed by atoms with Crippen LogP contribution in [-0.4, -0.2) is 37.9 Å². The first-order chi connectivity index (χ1) is 7.26. The van der Waals surface area contributed by atoms with Crippen molar-refractivity contribution in [1.29, 1.82) is 0 Å². The summed E-state index contributed by atoms with van der Waals surface area (Å²) in [5, 5.41) is 3.22. The summed E-state index contributed by atoms with van der Waals surface area (Å²) < 4.78 is 10.4. The minimum absolute atomic E-state index is 0.169. The number of ether oxygens (including phenoxy) is 2. The average molecular weight is 215 g/mol. The van der Waals surface area contributed by atoms with Crippen molar-refractivity contribution in [1.82, 2.24) is 5.32 Å². The largest absolute Gasteiger partial charge is 0.465 e. The standard InChI is InChI=1S/C11H21NO3/c1-3-10-7-9(5-6-15-10)12-8-11(13)14-4-2/h9-10,12H,3-8H2,1-2H3. The number of hydrogen-bond acceptors (Lipinski definition) is 4. The Kier molecular flexibility index (Phi) is 5.65. The molecule has 0 aromatic rings. The highest BCUT2D eigenvalue weighted by molar-refractivity contribution is 5.71. The van der Waals surface area contributed by atoms with Crippen LogP contribution < -0.4 is 5.32 Å². The van der Waals surface area contributed by atoms with Gasteiger partial charge in [0.15, 0.2) is 0 Å². The van der Waals surface area contributed by atoms with Gasteiger partial charge in [-0.25, -0.2) is 0 Å². The summed E-state index contributed by atoms with van der Waals surface area (Å²) >= 11 is 0. The number of esters is 1. The molecule has 1 rings (SSSR count). The van der Waals surface area contributed by atoms with E-state index in [1.807, 2.05) is 6.92 Å². The molecule has 88 valence electrons. The first kappa shape index (κ1) is 12.5. The van der Waals surface area contributed by atoms with Crippen LogP contribution in [0, 0.1) is 0 Å². The third-order valence-electron chi connectivity index (χ3n) is 2.66. The van der Waals surface area contributed by atoms with Gasteiger partial charge < -0.3 is 14.8 Å². The number of rotatable bonds is 5. The molecule has 2 atom stereocenters. The molecule has 0 aliphatic carbocycles. The van der Waals surface area contributed by atoms with E-state index in [2.05, 4.69) is 12.2 Å². The molecule has 1 fully saturated rings. The molecule has 1 saturated heterocycles. The van der Waals surface area contributed by atoms with Gasteiger partial charge in [0.25, 0.3) is 0 Å². The highest BCUT2D eigenvalue weighted by Crippen LogP contribution is 2.15. The molecule has 0 aromatic heterocycles. The summed E-state index contributed by atoms with van der Waals surface area (Å²) in [4.78, 5) is 11.1. The molecule has 1 aliphatic rings. The summed E-state index contributed by atoms with van der Waals surface area (Å²) in [5.74, 6) is -0.169. The van der Waals surface area contributed by atoms with Crippen LogP contribution in [0.4, 0.5) is 0 Å². The minimum atomic E-state index is -0.169. The average Bonchev–Trinajstić information content (AvgIpc) is 2.27. The fourth-order valence-corrected chi connectivity index (χ4v) is 1.79. The van der Waals surface area contributed by atoms with Crippen molar-refractivity contribution in [2.45, 2.75) is 45.3 Å². The number of hydrogen-bond donors (Lipinski definition) is 1. The lowest BCUT2D eigenvalue weighted by Gasteiger charge is -2.29. The summed E-state index contributed by atoms with van der Waals surface area (Å²) in [6.45, 7) is 5.50. The fraction of sp³-hybridized carbons (Fsp3) is 0.909. The Bertz CT molecular complexity index is 196. The van der Waals surface area contributed by atoms with Gasteiger partial charge >= 0.3 is 5.97 Å². The quantitative estimate of drug-likeness (QED) is 0.698. The SMILES string of the molecule is CCOC(=O)CNC1CCOC(CC)C1. The second-order valence-corrected chi connectivity index (χ2v) is 3.81. The van der Waals surface area contributed by atoms with Crippen LogP contribution in [0.25, 0.3) is 0 Å². The van der Waals surface area contributed by atoms with Crippen LogP contribution in [0.5, 0.6) is 0 Å². The Morgan fingerprint density at radius 2 is 2.33 bits per heavy atom. The molecule has 1 N–H and O–H groups in total. The van der Waals surface area contributed by atoms with Gasteiger partial charge in [0.2, 0.25) is 0 Å². The lowest BCUT2D eigenvalue weighted by atomic mass is 10.0. The first-order valence-corrected chi connectivity index (χ1v) is 5.76. The van der Waals surface area contributed by atoms with Gasteiger partial charge in [-0.05, 0) is 26.2 Å². The van der Waals surface area contributed by atoms with Crippen LogP contribution in [0.2, 0.25) is 0 Å². The van der Waals surface area contributed by atoms with Gasteiger partial charge in [0, 0.05) is 12.6 Å². The van der Waals surface area contributed by atoms with Gasteiger partial charge in [0.1, 0.15) is 0 Å². The van der Waals surface area contributed by atoms with E-state index in [9.17, 15) is 4.79 Å². The fourth-order valence-electron chi connectivity index (χ4n) is 1.79. The van der Waals surface area contributed by atoms with E-state index >= 15 is 0 Å². The van der Waals surface area contributed by atoms with Crippen molar-refractivity contribution in [2.75, 3.05) is 19.8 Å². The molecule has 0 aromatic carbocycles. The van der Waals surface area contributed by atoms with E-state index in [0.717, 1.165) is 25.9 Å². The number of carbonyl (C=O) groups excluding carboxylic acids is 1. The van der Waals surface area contributed by atoms with Crippen LogP contribution in [-0.2, 0) is 14.3 Å². The van der Waals surface area contributed by atoms with Gasteiger partial charge in [-0.15, -0.1) is 0 Å². The molecule has 0 bridgehead atoms. The Morgan fingerprint density at radius 1 is 1.53 bits per heavy atom. The van der Waals surface area contributed by atoms with Gasteiger partial charge in [-0.1, -0.05) is 6.92 Å². The molecule has 2 unspecified atom stereocenters. The normalized spacial score (nSPS) is 26.3. The molecule has 1 heterocycles. The van der Waals surface area contributed by atoms with Crippen molar-refractivity contribution in [3.05, 3.63) is 0 Å². The molecule has 0 amide bonds. The predicted molar refractivity (Wildman–Crippen MR) is 57.7 cm³/mol. The Hall–Kier alpha value is -0.610. The number of nitrogens with one attached hydrogen (secondary N) is 1. The summed E-state index contributed by atoms with van der Waals surface area (Å²) in [6.07, 6.45) is 3.36. The maximum atomic E-state index is 11.1. The Morgan fingerprint density at radius 3 is 3.00 bits per heavy atom. The molecule has 4 heteroatoms. The van der Waals surface area contributed by atoms with Crippen molar-refractivity contribution in [3.63, 3.8) is 0 Å². The molecule has 4 nitrogen and oxygen atoms in total. The Balaban J connectivity index is 2.17. The van der Waals surface area contributed by atoms with E-state index in [1.54, 1.807) is 0 Å². The third kappa shape index (κ3) is 4.62. The van der Waals surface area contributed by atoms with Crippen molar-refractivity contribution >= 4 is 5.97 Å². The zero-order valence-electron chi connectivity index (χ0n) is 9.62. The zero-order chi connectivity index (χ0) is 11.1. The summed E-state index contributed by atoms with van der Waals surface area (Å²) in [6, 6.07) is 0.396. The van der Waals surface area contributed by atoms with E-state index in [4.69, 9.17) is 9.47 Å². The molecule has 1 aliphatic heterocycles. The zero-order valence-corrected chi connectivity index (χ0v) is 9.62. The van der Waals surface area contributed by atoms with Crippen LogP contribution >= 0.6 is 0 Å². The molecule has 15 heavy (non-hydrogen) atoms. The Labute approximate surface area is 91.3 Å². The highest BCUT2D eigenvalue weighted by Gasteiger charge is 2.21. The lowest BCUT2D eigenvalue weighted by Crippen LogP contribution is -2.41. The second-order valence-electron chi connectivity index (χ2n) is 3.81. The van der Waals surface area contributed by atoms with E-state index in [0.29, 0.717) is 25.3 Å². The van der Waals surface area contributed by atoms with Gasteiger partial charge in [-0.3, -0.25) is 4.79 Å². The van der Waals surface area contributed by atoms with Crippen LogP contribution in [0.3, 0.4) is 0 Å². The van der Waals surface area contributed by atoms with Crippen molar-refractivity contribution < 1.29 is 14.3 Å². The molecular formula is C11H21NO3. The highest BCUT2D eigenvalue weighted by atomic mass is 16.5. The maximum absolute atomic E-state index is 11.1. The van der Waals surface area contributed by atoms with Crippen LogP contribution in [0.1, 0.15) is 33.1 Å². The third-order valence-corrected chi connectivity index (χ3v) is 2.66. The van der Waals surface area contributed by atoms with Gasteiger partial charge in [0.05, 0.1) is 19.3 Å². The molecule has 0 radical (unpaired) electrons. The van der Waals surface area contributed by atoms with E-state index in [1.165, 1.54) is 0 Å². The van der Waals surface area contributed by atoms with Crippen molar-refractivity contribution in [3.8, 4) is 0 Å². The molecular weight excluding hydrogens is 194 g/mol. The predicted octanol–water partition coefficient (Wildman–Crippen LogP) is 1.10. The minimum Gasteiger partial charge on any atom is -0.465 e. The summed E-state index contributed by atoms with van der Waals surface area (Å²) in [7, 11) is 0. The second kappa shape index (κ2) is 6.80. The smallest absolute Gasteiger partial charge is 0.319 e. The molecule has 0 saturated carbocycles. The maximum Gasteiger partial charge on any atom is 0.319 e. The van der Waals surface area contributed by atoms with E-state index < -0.39 is 0 Å². The monoisotopic (exact) mass is 215 g/mol. The van der Waals surface area contributed by atoms with Crippen LogP contribution in [0.15, 0.2) is 0 Å². The van der Waals surface area contributed by atoms with E-state index in [-0.39, 0.29) is 5.97 Å². The summed E-state index contributed by atoms with van der Waals surface area (Å²) in [5.41, 5.74) is 0.